The fourth-order valence-corrected chi connectivity index (χ4v) is 3.99. The molecule has 148 valence electrons. The number of aliphatic hydroxyl groups excluding tert-OH is 3. The van der Waals surface area contributed by atoms with Crippen molar-refractivity contribution in [1.82, 2.24) is 19.5 Å². The zero-order valence-corrected chi connectivity index (χ0v) is 15.2. The normalized spacial score (nSPS) is 30.9. The largest absolute Gasteiger partial charge is 0.396 e. The molecule has 2 unspecified atom stereocenters. The highest BCUT2D eigenvalue weighted by Gasteiger charge is 2.43. The topological polar surface area (TPSA) is 138 Å². The Bertz CT molecular complexity index is 793. The van der Waals surface area contributed by atoms with Gasteiger partial charge in [-0.25, -0.2) is 15.0 Å². The minimum atomic E-state index is -1.01. The van der Waals surface area contributed by atoms with Crippen LogP contribution in [0, 0.1) is 5.92 Å². The fraction of sp³-hybridized carbons (Fsp3) is 0.706. The average molecular weight is 378 g/mol. The summed E-state index contributed by atoms with van der Waals surface area (Å²) in [5, 5.41) is 36.9. The molecular weight excluding hydrogens is 352 g/mol. The minimum Gasteiger partial charge on any atom is -0.396 e. The number of aromatic nitrogens is 4. The van der Waals surface area contributed by atoms with Crippen LogP contribution < -0.4 is 10.6 Å². The summed E-state index contributed by atoms with van der Waals surface area (Å²) < 4.78 is 7.23. The number of rotatable bonds is 6. The molecule has 1 aliphatic carbocycles. The van der Waals surface area contributed by atoms with Crippen LogP contribution in [0.1, 0.15) is 25.8 Å². The highest BCUT2D eigenvalue weighted by atomic mass is 16.5. The summed E-state index contributed by atoms with van der Waals surface area (Å²) in [5.74, 6) is 0.806. The first-order chi connectivity index (χ1) is 13.1. The molecule has 0 radical (unpaired) electrons. The number of ether oxygens (including phenoxy) is 1. The van der Waals surface area contributed by atoms with E-state index in [4.69, 9.17) is 4.74 Å². The Kier molecular flexibility index (Phi) is 5.13. The molecule has 3 heterocycles. The van der Waals surface area contributed by atoms with Crippen LogP contribution in [0.4, 0.5) is 11.8 Å². The van der Waals surface area contributed by atoms with Gasteiger partial charge in [-0.2, -0.15) is 0 Å². The van der Waals surface area contributed by atoms with Gasteiger partial charge in [-0.15, -0.1) is 0 Å². The number of hydrogen-bond donors (Lipinski definition) is 5. The van der Waals surface area contributed by atoms with Gasteiger partial charge in [0.25, 0.3) is 0 Å². The number of nitrogens with one attached hydrogen (secondary N) is 2. The van der Waals surface area contributed by atoms with Gasteiger partial charge in [0, 0.05) is 25.7 Å². The Morgan fingerprint density at radius 3 is 2.81 bits per heavy atom. The first-order valence-electron chi connectivity index (χ1n) is 9.42. The maximum atomic E-state index is 10.6. The van der Waals surface area contributed by atoms with Crippen LogP contribution in [-0.2, 0) is 4.74 Å². The number of nitrogens with zero attached hydrogens (tertiary/aromatic N) is 4. The van der Waals surface area contributed by atoms with Crippen molar-refractivity contribution in [2.24, 2.45) is 5.92 Å². The Labute approximate surface area is 156 Å². The van der Waals surface area contributed by atoms with Crippen LogP contribution in [0.5, 0.6) is 0 Å². The smallest absolute Gasteiger partial charge is 0.205 e. The van der Waals surface area contributed by atoms with Gasteiger partial charge < -0.3 is 30.7 Å². The SMILES string of the molecule is CCNc1nc2c(NC3CCOC3)ncnc2n1C1C[C@H](CO)[C@@H](O)[C@H]1O. The molecule has 2 aromatic rings. The van der Waals surface area contributed by atoms with Gasteiger partial charge in [0.15, 0.2) is 17.0 Å². The van der Waals surface area contributed by atoms with Crippen molar-refractivity contribution in [3.8, 4) is 0 Å². The highest BCUT2D eigenvalue weighted by Crippen LogP contribution is 2.39. The zero-order valence-electron chi connectivity index (χ0n) is 15.2. The quantitative estimate of drug-likeness (QED) is 0.460. The maximum absolute atomic E-state index is 10.6. The average Bonchev–Trinajstić information content (AvgIpc) is 3.36. The first-order valence-corrected chi connectivity index (χ1v) is 9.42. The molecule has 2 aliphatic rings. The molecule has 0 spiro atoms. The van der Waals surface area contributed by atoms with Gasteiger partial charge in [-0.3, -0.25) is 4.57 Å². The molecule has 0 aromatic carbocycles. The Balaban J connectivity index is 1.76. The van der Waals surface area contributed by atoms with E-state index in [0.29, 0.717) is 42.5 Å². The monoisotopic (exact) mass is 378 g/mol. The lowest BCUT2D eigenvalue weighted by Crippen LogP contribution is -2.31. The van der Waals surface area contributed by atoms with Gasteiger partial charge in [-0.05, 0) is 19.8 Å². The van der Waals surface area contributed by atoms with Crippen molar-refractivity contribution >= 4 is 22.9 Å². The summed E-state index contributed by atoms with van der Waals surface area (Å²) in [6.45, 7) is 3.77. The van der Waals surface area contributed by atoms with Crippen molar-refractivity contribution in [2.45, 2.75) is 44.1 Å². The third-order valence-electron chi connectivity index (χ3n) is 5.42. The van der Waals surface area contributed by atoms with E-state index >= 15 is 0 Å². The summed E-state index contributed by atoms with van der Waals surface area (Å²) >= 11 is 0. The Morgan fingerprint density at radius 2 is 2.15 bits per heavy atom. The Morgan fingerprint density at radius 1 is 1.30 bits per heavy atom. The van der Waals surface area contributed by atoms with E-state index < -0.39 is 18.2 Å². The molecule has 2 aromatic heterocycles. The van der Waals surface area contributed by atoms with Gasteiger partial charge >= 0.3 is 0 Å². The summed E-state index contributed by atoms with van der Waals surface area (Å²) in [7, 11) is 0. The standard InChI is InChI=1S/C17H26N6O4/c1-2-18-17-22-12-15(21-10-3-4-27-7-10)19-8-20-16(12)23(17)11-5-9(6-24)13(25)14(11)26/h8-11,13-14,24-26H,2-7H2,1H3,(H,18,22)(H,19,20,21)/t9-,10?,11?,13-,14+/m1/s1. The number of fused-ring (bicyclic) bond motifs is 1. The molecule has 10 heteroatoms. The van der Waals surface area contributed by atoms with Crippen molar-refractivity contribution in [3.05, 3.63) is 6.33 Å². The number of imidazole rings is 1. The lowest BCUT2D eigenvalue weighted by atomic mass is 10.1. The van der Waals surface area contributed by atoms with E-state index in [9.17, 15) is 15.3 Å². The molecule has 2 fully saturated rings. The second-order valence-electron chi connectivity index (χ2n) is 7.16. The summed E-state index contributed by atoms with van der Waals surface area (Å²) in [6, 6.07) is -0.262. The second kappa shape index (κ2) is 7.55. The molecule has 4 rings (SSSR count). The van der Waals surface area contributed by atoms with Crippen LogP contribution in [0.3, 0.4) is 0 Å². The fourth-order valence-electron chi connectivity index (χ4n) is 3.99. The number of anilines is 2. The summed E-state index contributed by atoms with van der Waals surface area (Å²) in [6.07, 6.45) is 0.813. The van der Waals surface area contributed by atoms with Crippen LogP contribution in [-0.4, -0.2) is 79.5 Å². The van der Waals surface area contributed by atoms with E-state index in [2.05, 4.69) is 25.6 Å². The molecule has 1 saturated carbocycles. The molecule has 5 atom stereocenters. The lowest BCUT2D eigenvalue weighted by molar-refractivity contribution is -0.00350. The Hall–Kier alpha value is -2.01. The summed E-state index contributed by atoms with van der Waals surface area (Å²) in [4.78, 5) is 13.4. The van der Waals surface area contributed by atoms with Gasteiger partial charge in [-0.1, -0.05) is 0 Å². The van der Waals surface area contributed by atoms with Crippen molar-refractivity contribution in [2.75, 3.05) is 37.0 Å². The third-order valence-corrected chi connectivity index (χ3v) is 5.42. The number of hydrogen-bond acceptors (Lipinski definition) is 9. The van der Waals surface area contributed by atoms with Crippen molar-refractivity contribution in [1.29, 1.82) is 0 Å². The summed E-state index contributed by atoms with van der Waals surface area (Å²) in [5.41, 5.74) is 1.19. The predicted octanol–water partition coefficient (Wildman–Crippen LogP) is -0.266. The van der Waals surface area contributed by atoms with Gasteiger partial charge in [0.05, 0.1) is 24.8 Å². The van der Waals surface area contributed by atoms with Gasteiger partial charge in [0.2, 0.25) is 5.95 Å². The molecule has 5 N–H and O–H groups in total. The van der Waals surface area contributed by atoms with Crippen LogP contribution >= 0.6 is 0 Å². The number of aliphatic hydroxyl groups is 3. The van der Waals surface area contributed by atoms with E-state index in [-0.39, 0.29) is 18.6 Å². The van der Waals surface area contributed by atoms with Crippen LogP contribution in [0.15, 0.2) is 6.33 Å². The predicted molar refractivity (Wildman–Crippen MR) is 98.6 cm³/mol. The molecular formula is C17H26N6O4. The van der Waals surface area contributed by atoms with Crippen molar-refractivity contribution < 1.29 is 20.1 Å². The van der Waals surface area contributed by atoms with Crippen LogP contribution in [0.2, 0.25) is 0 Å². The molecule has 27 heavy (non-hydrogen) atoms. The lowest BCUT2D eigenvalue weighted by Gasteiger charge is -2.20. The molecule has 0 amide bonds. The minimum absolute atomic E-state index is 0.175. The molecule has 1 aliphatic heterocycles. The van der Waals surface area contributed by atoms with Crippen LogP contribution in [0.25, 0.3) is 11.2 Å². The van der Waals surface area contributed by atoms with E-state index in [1.54, 1.807) is 0 Å². The van der Waals surface area contributed by atoms with Gasteiger partial charge in [0.1, 0.15) is 12.4 Å². The van der Waals surface area contributed by atoms with E-state index in [0.717, 1.165) is 13.0 Å². The van der Waals surface area contributed by atoms with E-state index in [1.165, 1.54) is 6.33 Å². The molecule has 10 nitrogen and oxygen atoms in total. The van der Waals surface area contributed by atoms with Crippen molar-refractivity contribution in [3.63, 3.8) is 0 Å². The third kappa shape index (κ3) is 3.22. The van der Waals surface area contributed by atoms with E-state index in [1.807, 2.05) is 11.5 Å². The second-order valence-corrected chi connectivity index (χ2v) is 7.16. The molecule has 0 bridgehead atoms. The maximum Gasteiger partial charge on any atom is 0.205 e. The zero-order chi connectivity index (χ0) is 19.0. The first kappa shape index (κ1) is 18.4. The molecule has 1 saturated heterocycles. The highest BCUT2D eigenvalue weighted by molar-refractivity contribution is 5.85.